The van der Waals surface area contributed by atoms with Gasteiger partial charge in [0.1, 0.15) is 48.8 Å². The summed E-state index contributed by atoms with van der Waals surface area (Å²) in [5, 5.41) is 0. The van der Waals surface area contributed by atoms with Crippen molar-refractivity contribution in [3.05, 3.63) is 251 Å². The topological polar surface area (TPSA) is 102 Å². The predicted molar refractivity (Wildman–Crippen MR) is 276 cm³/mol. The molecule has 7 aromatic carbocycles. The standard InChI is InChI=1S/C62H66O11/c1-63-61-59(69-42-51-33-19-7-20-34-51)57(67-40-49-29-15-5-16-30-49)56(66-39-48-27-13-4-14-28-48)54(72-61)45-71-62-60(70-43-52-35-21-8-22-36-52)58(68-41-50-31-17-6-18-32-50)55(65-38-47-25-11-3-12-26-47)53(73-62)44-64-37-46-23-9-2-10-24-46/h2-36,53-62H,37-45H2,1H3/t53?,54?,55-,56-,57?,58?,59?,60?,61+,62+/m1/s1. The van der Waals surface area contributed by atoms with Crippen LogP contribution in [0.3, 0.4) is 0 Å². The molecule has 2 fully saturated rings. The number of hydrogen-bond acceptors (Lipinski definition) is 11. The molecule has 73 heavy (non-hydrogen) atoms. The van der Waals surface area contributed by atoms with Gasteiger partial charge in [-0.3, -0.25) is 0 Å². The first-order valence-corrected chi connectivity index (χ1v) is 25.2. The molecule has 0 radical (unpaired) electrons. The van der Waals surface area contributed by atoms with Gasteiger partial charge in [-0.05, 0) is 38.9 Å². The van der Waals surface area contributed by atoms with Crippen LogP contribution in [0.15, 0.2) is 212 Å². The fraction of sp³-hybridized carbons (Fsp3) is 0.323. The van der Waals surface area contributed by atoms with Crippen molar-refractivity contribution in [1.29, 1.82) is 0 Å². The highest BCUT2D eigenvalue weighted by atomic mass is 16.7. The van der Waals surface area contributed by atoms with Crippen LogP contribution in [0, 0.1) is 0 Å². The van der Waals surface area contributed by atoms with Crippen LogP contribution < -0.4 is 0 Å². The second-order valence-corrected chi connectivity index (χ2v) is 18.2. The van der Waals surface area contributed by atoms with E-state index in [1.807, 2.05) is 212 Å². The van der Waals surface area contributed by atoms with Crippen LogP contribution in [-0.2, 0) is 98.4 Å². The molecule has 0 aromatic heterocycles. The molecule has 9 rings (SSSR count). The van der Waals surface area contributed by atoms with Crippen molar-refractivity contribution in [1.82, 2.24) is 0 Å². The molecule has 11 heteroatoms. The molecule has 6 unspecified atom stereocenters. The summed E-state index contributed by atoms with van der Waals surface area (Å²) in [7, 11) is 1.61. The minimum atomic E-state index is -0.999. The maximum atomic E-state index is 7.10. The monoisotopic (exact) mass is 986 g/mol. The maximum absolute atomic E-state index is 7.10. The Morgan fingerprint density at radius 3 is 0.863 bits per heavy atom. The van der Waals surface area contributed by atoms with Crippen LogP contribution in [0.25, 0.3) is 0 Å². The average Bonchev–Trinajstić information content (AvgIpc) is 3.45. The van der Waals surface area contributed by atoms with Crippen LogP contribution in [0.5, 0.6) is 0 Å². The van der Waals surface area contributed by atoms with Crippen LogP contribution in [0.4, 0.5) is 0 Å². The highest BCUT2D eigenvalue weighted by Gasteiger charge is 2.52. The number of methoxy groups -OCH3 is 1. The zero-order chi connectivity index (χ0) is 49.7. The van der Waals surface area contributed by atoms with Crippen LogP contribution >= 0.6 is 0 Å². The Kier molecular flexibility index (Phi) is 19.9. The Balaban J connectivity index is 1.05. The van der Waals surface area contributed by atoms with E-state index in [-0.39, 0.29) is 33.0 Å². The van der Waals surface area contributed by atoms with E-state index in [2.05, 4.69) is 0 Å². The second kappa shape index (κ2) is 28.0. The van der Waals surface area contributed by atoms with Crippen molar-refractivity contribution in [2.75, 3.05) is 20.3 Å². The predicted octanol–water partition coefficient (Wildman–Crippen LogP) is 10.8. The van der Waals surface area contributed by atoms with E-state index in [4.69, 9.17) is 52.1 Å². The van der Waals surface area contributed by atoms with Gasteiger partial charge >= 0.3 is 0 Å². The molecule has 11 nitrogen and oxygen atoms in total. The minimum absolute atomic E-state index is 0.00960. The molecule has 0 aliphatic carbocycles. The molecule has 7 aromatic rings. The smallest absolute Gasteiger partial charge is 0.187 e. The largest absolute Gasteiger partial charge is 0.374 e. The van der Waals surface area contributed by atoms with Crippen LogP contribution in [-0.4, -0.2) is 81.7 Å². The second-order valence-electron chi connectivity index (χ2n) is 18.2. The highest BCUT2D eigenvalue weighted by Crippen LogP contribution is 2.35. The molecule has 0 spiro atoms. The van der Waals surface area contributed by atoms with Gasteiger partial charge in [0, 0.05) is 7.11 Å². The SMILES string of the molecule is CO[C@H]1OC(CO[C@H]2OC(COCc3ccccc3)[C@@H](OCc3ccccc3)C(OCc3ccccc3)C2OCc2ccccc2)[C@@H](OCc2ccccc2)C(OCc2ccccc2)C1OCc1ccccc1. The van der Waals surface area contributed by atoms with Gasteiger partial charge in [0.05, 0.1) is 59.5 Å². The van der Waals surface area contributed by atoms with Gasteiger partial charge in [-0.15, -0.1) is 0 Å². The Labute approximate surface area is 429 Å². The number of benzene rings is 7. The average molecular weight is 987 g/mol. The van der Waals surface area contributed by atoms with E-state index in [9.17, 15) is 0 Å². The summed E-state index contributed by atoms with van der Waals surface area (Å²) in [6.07, 6.45) is -7.47. The summed E-state index contributed by atoms with van der Waals surface area (Å²) < 4.78 is 75.2. The van der Waals surface area contributed by atoms with Crippen LogP contribution in [0.1, 0.15) is 38.9 Å². The van der Waals surface area contributed by atoms with Crippen molar-refractivity contribution < 1.29 is 52.1 Å². The van der Waals surface area contributed by atoms with Gasteiger partial charge in [0.2, 0.25) is 0 Å². The molecule has 10 atom stereocenters. The first-order valence-electron chi connectivity index (χ1n) is 25.2. The Hall–Kier alpha value is -5.90. The van der Waals surface area contributed by atoms with E-state index >= 15 is 0 Å². The molecule has 2 heterocycles. The van der Waals surface area contributed by atoms with Crippen molar-refractivity contribution in [3.8, 4) is 0 Å². The minimum Gasteiger partial charge on any atom is -0.374 e. The molecule has 0 amide bonds. The summed E-state index contributed by atoms with van der Waals surface area (Å²) in [4.78, 5) is 0. The lowest BCUT2D eigenvalue weighted by Gasteiger charge is -2.48. The lowest BCUT2D eigenvalue weighted by Crippen LogP contribution is -2.64. The third-order valence-corrected chi connectivity index (χ3v) is 12.9. The summed E-state index contributed by atoms with van der Waals surface area (Å²) in [6.45, 7) is 2.25. The van der Waals surface area contributed by atoms with Crippen molar-refractivity contribution in [3.63, 3.8) is 0 Å². The molecule has 2 aliphatic heterocycles. The lowest BCUT2D eigenvalue weighted by molar-refractivity contribution is -0.351. The normalized spacial score (nSPS) is 24.0. The van der Waals surface area contributed by atoms with Gasteiger partial charge in [0.15, 0.2) is 12.6 Å². The molecule has 0 saturated carbocycles. The van der Waals surface area contributed by atoms with Crippen molar-refractivity contribution in [2.24, 2.45) is 0 Å². The summed E-state index contributed by atoms with van der Waals surface area (Å²) >= 11 is 0. The zero-order valence-electron chi connectivity index (χ0n) is 41.3. The van der Waals surface area contributed by atoms with Gasteiger partial charge in [-0.25, -0.2) is 0 Å². The third-order valence-electron chi connectivity index (χ3n) is 12.9. The van der Waals surface area contributed by atoms with E-state index in [0.29, 0.717) is 26.4 Å². The molecule has 2 saturated heterocycles. The Morgan fingerprint density at radius 2 is 0.534 bits per heavy atom. The first-order chi connectivity index (χ1) is 36.2. The highest BCUT2D eigenvalue weighted by molar-refractivity contribution is 5.19. The molecule has 2 aliphatic rings. The maximum Gasteiger partial charge on any atom is 0.187 e. The van der Waals surface area contributed by atoms with Crippen LogP contribution in [0.2, 0.25) is 0 Å². The van der Waals surface area contributed by atoms with E-state index < -0.39 is 61.4 Å². The van der Waals surface area contributed by atoms with Gasteiger partial charge in [-0.2, -0.15) is 0 Å². The fourth-order valence-corrected chi connectivity index (χ4v) is 9.14. The van der Waals surface area contributed by atoms with Crippen molar-refractivity contribution >= 4 is 0 Å². The zero-order valence-corrected chi connectivity index (χ0v) is 41.3. The number of rotatable bonds is 26. The Morgan fingerprint density at radius 1 is 0.274 bits per heavy atom. The van der Waals surface area contributed by atoms with Gasteiger partial charge < -0.3 is 52.1 Å². The van der Waals surface area contributed by atoms with Crippen molar-refractivity contribution in [2.45, 2.75) is 108 Å². The fourth-order valence-electron chi connectivity index (χ4n) is 9.14. The molecular weight excluding hydrogens is 921 g/mol. The molecule has 0 bridgehead atoms. The van der Waals surface area contributed by atoms with Gasteiger partial charge in [-0.1, -0.05) is 212 Å². The van der Waals surface area contributed by atoms with Gasteiger partial charge in [0.25, 0.3) is 0 Å². The first kappa shape index (κ1) is 52.0. The molecule has 0 N–H and O–H groups in total. The van der Waals surface area contributed by atoms with E-state index in [0.717, 1.165) is 38.9 Å². The third kappa shape index (κ3) is 15.3. The molecular formula is C62H66O11. The number of hydrogen-bond donors (Lipinski definition) is 0. The lowest BCUT2D eigenvalue weighted by atomic mass is 9.96. The summed E-state index contributed by atoms with van der Waals surface area (Å²) in [5.41, 5.74) is 7.00. The van der Waals surface area contributed by atoms with E-state index in [1.54, 1.807) is 7.11 Å². The van der Waals surface area contributed by atoms with E-state index in [1.165, 1.54) is 0 Å². The molecule has 380 valence electrons. The summed E-state index contributed by atoms with van der Waals surface area (Å²) in [5.74, 6) is 0. The summed E-state index contributed by atoms with van der Waals surface area (Å²) in [6, 6.07) is 70.4. The number of ether oxygens (including phenoxy) is 11. The quantitative estimate of drug-likeness (QED) is 0.0518. The Bertz CT molecular complexity index is 2560.